The standard InChI is InChI=1S/C10H22N4O/c1-2-7-15-8-3-6-12-10(14-11)13-9-4-5-9/h9H,2-8,11H2,1H3,(H2,12,13,14). The van der Waals surface area contributed by atoms with Gasteiger partial charge in [0, 0.05) is 25.8 Å². The molecule has 88 valence electrons. The van der Waals surface area contributed by atoms with E-state index in [1.54, 1.807) is 0 Å². The van der Waals surface area contributed by atoms with Gasteiger partial charge < -0.3 is 10.1 Å². The van der Waals surface area contributed by atoms with Crippen molar-refractivity contribution in [2.75, 3.05) is 19.8 Å². The van der Waals surface area contributed by atoms with Crippen molar-refractivity contribution < 1.29 is 4.74 Å². The summed E-state index contributed by atoms with van der Waals surface area (Å²) in [7, 11) is 0. The second-order valence-corrected chi connectivity index (χ2v) is 3.76. The zero-order valence-electron chi connectivity index (χ0n) is 9.46. The van der Waals surface area contributed by atoms with Crippen molar-refractivity contribution >= 4 is 5.96 Å². The highest BCUT2D eigenvalue weighted by Crippen LogP contribution is 2.18. The van der Waals surface area contributed by atoms with E-state index in [0.717, 1.165) is 32.6 Å². The molecule has 15 heavy (non-hydrogen) atoms. The Hall–Kier alpha value is -0.810. The second kappa shape index (κ2) is 7.48. The first kappa shape index (κ1) is 12.3. The lowest BCUT2D eigenvalue weighted by Gasteiger charge is -2.07. The molecule has 0 spiro atoms. The first-order valence-corrected chi connectivity index (χ1v) is 5.72. The molecule has 0 aromatic heterocycles. The predicted molar refractivity (Wildman–Crippen MR) is 61.5 cm³/mol. The highest BCUT2D eigenvalue weighted by atomic mass is 16.5. The molecule has 0 saturated heterocycles. The van der Waals surface area contributed by atoms with Gasteiger partial charge in [0.15, 0.2) is 0 Å². The molecule has 1 aliphatic carbocycles. The number of hydrogen-bond acceptors (Lipinski definition) is 3. The van der Waals surface area contributed by atoms with E-state index >= 15 is 0 Å². The van der Waals surface area contributed by atoms with Crippen molar-refractivity contribution in [3.63, 3.8) is 0 Å². The lowest BCUT2D eigenvalue weighted by atomic mass is 10.4. The molecule has 4 N–H and O–H groups in total. The summed E-state index contributed by atoms with van der Waals surface area (Å²) in [6, 6.07) is 0.580. The van der Waals surface area contributed by atoms with Crippen molar-refractivity contribution in [3.05, 3.63) is 0 Å². The molecule has 1 saturated carbocycles. The lowest BCUT2D eigenvalue weighted by Crippen LogP contribution is -2.42. The van der Waals surface area contributed by atoms with Crippen LogP contribution in [0.3, 0.4) is 0 Å². The highest BCUT2D eigenvalue weighted by Gasteiger charge is 2.21. The summed E-state index contributed by atoms with van der Waals surface area (Å²) in [5, 5.41) is 3.22. The number of rotatable bonds is 7. The van der Waals surface area contributed by atoms with E-state index in [1.165, 1.54) is 12.8 Å². The van der Waals surface area contributed by atoms with Crippen LogP contribution in [-0.4, -0.2) is 31.8 Å². The molecule has 0 amide bonds. The van der Waals surface area contributed by atoms with E-state index in [-0.39, 0.29) is 0 Å². The van der Waals surface area contributed by atoms with Gasteiger partial charge in [0.05, 0.1) is 0 Å². The summed E-state index contributed by atoms with van der Waals surface area (Å²) in [6.45, 7) is 4.47. The Kier molecular flexibility index (Phi) is 6.11. The molecule has 1 aliphatic rings. The van der Waals surface area contributed by atoms with Crippen LogP contribution < -0.4 is 16.6 Å². The van der Waals surface area contributed by atoms with Crippen molar-refractivity contribution in [2.45, 2.75) is 38.6 Å². The van der Waals surface area contributed by atoms with Gasteiger partial charge in [-0.1, -0.05) is 6.92 Å². The van der Waals surface area contributed by atoms with E-state index in [9.17, 15) is 0 Å². The lowest BCUT2D eigenvalue weighted by molar-refractivity contribution is 0.134. The van der Waals surface area contributed by atoms with Crippen molar-refractivity contribution in [2.24, 2.45) is 10.8 Å². The van der Waals surface area contributed by atoms with Crippen molar-refractivity contribution in [1.29, 1.82) is 0 Å². The molecule has 1 rings (SSSR count). The van der Waals surface area contributed by atoms with Gasteiger partial charge in [-0.3, -0.25) is 10.4 Å². The Bertz CT molecular complexity index is 192. The fraction of sp³-hybridized carbons (Fsp3) is 0.900. The first-order chi connectivity index (χ1) is 7.36. The Morgan fingerprint density at radius 2 is 2.27 bits per heavy atom. The van der Waals surface area contributed by atoms with E-state index < -0.39 is 0 Å². The summed E-state index contributed by atoms with van der Waals surface area (Å²) in [5.41, 5.74) is 2.57. The smallest absolute Gasteiger partial charge is 0.205 e. The van der Waals surface area contributed by atoms with Crippen LogP contribution in [0.25, 0.3) is 0 Å². The third kappa shape index (κ3) is 6.30. The Balaban J connectivity index is 2.00. The SMILES string of the molecule is CCCOCCCN=C(NN)NC1CC1. The number of aliphatic imine (C=N–C) groups is 1. The average molecular weight is 214 g/mol. The summed E-state index contributed by atoms with van der Waals surface area (Å²) in [4.78, 5) is 4.31. The Morgan fingerprint density at radius 1 is 1.47 bits per heavy atom. The van der Waals surface area contributed by atoms with Crippen LogP contribution >= 0.6 is 0 Å². The van der Waals surface area contributed by atoms with Crippen LogP contribution in [0.5, 0.6) is 0 Å². The van der Waals surface area contributed by atoms with Gasteiger partial charge >= 0.3 is 0 Å². The minimum atomic E-state index is 0.580. The zero-order valence-corrected chi connectivity index (χ0v) is 9.46. The number of nitrogens with zero attached hydrogens (tertiary/aromatic N) is 1. The quantitative estimate of drug-likeness (QED) is 0.188. The molecule has 0 heterocycles. The van der Waals surface area contributed by atoms with Crippen LogP contribution in [-0.2, 0) is 4.74 Å². The van der Waals surface area contributed by atoms with E-state index in [2.05, 4.69) is 22.7 Å². The topological polar surface area (TPSA) is 71.7 Å². The van der Waals surface area contributed by atoms with Crippen LogP contribution in [0.4, 0.5) is 0 Å². The van der Waals surface area contributed by atoms with Crippen LogP contribution in [0.2, 0.25) is 0 Å². The molecule has 0 unspecified atom stereocenters. The molecule has 5 nitrogen and oxygen atoms in total. The van der Waals surface area contributed by atoms with Crippen LogP contribution in [0.15, 0.2) is 4.99 Å². The van der Waals surface area contributed by atoms with Gasteiger partial charge in [0.25, 0.3) is 0 Å². The van der Waals surface area contributed by atoms with Gasteiger partial charge in [0.1, 0.15) is 0 Å². The normalized spacial score (nSPS) is 16.5. The molecule has 0 aromatic carbocycles. The monoisotopic (exact) mass is 214 g/mol. The maximum absolute atomic E-state index is 5.35. The van der Waals surface area contributed by atoms with Gasteiger partial charge in [-0.15, -0.1) is 0 Å². The average Bonchev–Trinajstić information content (AvgIpc) is 3.05. The van der Waals surface area contributed by atoms with E-state index in [0.29, 0.717) is 12.0 Å². The summed E-state index contributed by atoms with van der Waals surface area (Å²) in [5.74, 6) is 6.04. The van der Waals surface area contributed by atoms with Crippen LogP contribution in [0, 0.1) is 0 Å². The van der Waals surface area contributed by atoms with Crippen LogP contribution in [0.1, 0.15) is 32.6 Å². The number of hydrogen-bond donors (Lipinski definition) is 3. The Labute approximate surface area is 91.4 Å². The zero-order chi connectivity index (χ0) is 10.9. The maximum atomic E-state index is 5.35. The number of hydrazine groups is 1. The number of nitrogens with two attached hydrogens (primary N) is 1. The number of ether oxygens (including phenoxy) is 1. The Morgan fingerprint density at radius 3 is 2.87 bits per heavy atom. The second-order valence-electron chi connectivity index (χ2n) is 3.76. The summed E-state index contributed by atoms with van der Waals surface area (Å²) >= 11 is 0. The maximum Gasteiger partial charge on any atom is 0.205 e. The van der Waals surface area contributed by atoms with Gasteiger partial charge in [-0.25, -0.2) is 5.84 Å². The van der Waals surface area contributed by atoms with E-state index in [4.69, 9.17) is 10.6 Å². The third-order valence-corrected chi connectivity index (χ3v) is 2.12. The molecule has 0 atom stereocenters. The molecule has 0 aromatic rings. The van der Waals surface area contributed by atoms with Gasteiger partial charge in [-0.2, -0.15) is 0 Å². The first-order valence-electron chi connectivity index (χ1n) is 5.72. The number of guanidine groups is 1. The van der Waals surface area contributed by atoms with E-state index in [1.807, 2.05) is 0 Å². The van der Waals surface area contributed by atoms with Gasteiger partial charge in [-0.05, 0) is 25.7 Å². The minimum Gasteiger partial charge on any atom is -0.381 e. The summed E-state index contributed by atoms with van der Waals surface area (Å²) < 4.78 is 5.35. The molecule has 0 radical (unpaired) electrons. The number of nitrogens with one attached hydrogen (secondary N) is 2. The van der Waals surface area contributed by atoms with Crippen molar-refractivity contribution in [1.82, 2.24) is 10.7 Å². The van der Waals surface area contributed by atoms with Crippen molar-refractivity contribution in [3.8, 4) is 0 Å². The summed E-state index contributed by atoms with van der Waals surface area (Å²) in [6.07, 6.45) is 4.46. The third-order valence-electron chi connectivity index (χ3n) is 2.12. The largest absolute Gasteiger partial charge is 0.381 e. The highest BCUT2D eigenvalue weighted by molar-refractivity contribution is 5.79. The van der Waals surface area contributed by atoms with Gasteiger partial charge in [0.2, 0.25) is 5.96 Å². The molecule has 1 fully saturated rings. The fourth-order valence-corrected chi connectivity index (χ4v) is 1.16. The molecule has 0 aliphatic heterocycles. The molecule has 5 heteroatoms. The minimum absolute atomic E-state index is 0.580. The molecular weight excluding hydrogens is 192 g/mol. The molecule has 0 bridgehead atoms. The molecular formula is C10H22N4O. The predicted octanol–water partition coefficient (Wildman–Crippen LogP) is 0.374. The fourth-order valence-electron chi connectivity index (χ4n) is 1.16.